The van der Waals surface area contributed by atoms with Crippen molar-refractivity contribution in [3.8, 4) is 0 Å². The molecule has 7 atom stereocenters. The Hall–Kier alpha value is -1.13. The van der Waals surface area contributed by atoms with Crippen molar-refractivity contribution in [3.05, 3.63) is 22.8 Å². The molecule has 4 nitrogen and oxygen atoms in total. The Balaban J connectivity index is 1.82. The van der Waals surface area contributed by atoms with Crippen LogP contribution in [-0.4, -0.2) is 29.0 Å². The summed E-state index contributed by atoms with van der Waals surface area (Å²) in [5.41, 5.74) is -0.846. The maximum absolute atomic E-state index is 12.8. The summed E-state index contributed by atoms with van der Waals surface area (Å²) in [5.74, 6) is 0.705. The molecule has 0 aromatic rings. The molecule has 0 amide bonds. The van der Waals surface area contributed by atoms with Gasteiger partial charge < -0.3 is 4.74 Å². The summed E-state index contributed by atoms with van der Waals surface area (Å²) in [6.45, 7) is 7.26. The lowest BCUT2D eigenvalue weighted by atomic mass is 9.46. The number of fused-ring (bicyclic) bond motifs is 5. The molecule has 0 spiro atoms. The Morgan fingerprint density at radius 1 is 1.17 bits per heavy atom. The van der Waals surface area contributed by atoms with Gasteiger partial charge in [0.05, 0.1) is 0 Å². The summed E-state index contributed by atoms with van der Waals surface area (Å²) in [6.07, 6.45) is 7.31. The number of ketones is 2. The van der Waals surface area contributed by atoms with E-state index in [0.29, 0.717) is 29.7 Å². The van der Waals surface area contributed by atoms with E-state index < -0.39 is 17.0 Å². The number of ether oxygens (including phenoxy) is 1. The van der Waals surface area contributed by atoms with Crippen LogP contribution >= 0.6 is 23.2 Å². The number of rotatable bonds is 3. The molecule has 4 aliphatic carbocycles. The molecule has 0 aromatic carbocycles. The lowest BCUT2D eigenvalue weighted by molar-refractivity contribution is -0.185. The predicted molar refractivity (Wildman–Crippen MR) is 116 cm³/mol. The maximum atomic E-state index is 12.8. The number of carbonyl (C=O) groups excluding carboxylic acids is 3. The van der Waals surface area contributed by atoms with Gasteiger partial charge in [0.25, 0.3) is 0 Å². The summed E-state index contributed by atoms with van der Waals surface area (Å²) >= 11 is 13.2. The molecule has 0 aromatic heterocycles. The van der Waals surface area contributed by atoms with Gasteiger partial charge >= 0.3 is 5.97 Å². The van der Waals surface area contributed by atoms with Crippen LogP contribution in [0.3, 0.4) is 0 Å². The molecular formula is C24H30Cl2O4. The molecule has 6 heteroatoms. The Labute approximate surface area is 188 Å². The Kier molecular flexibility index (Phi) is 5.30. The number of esters is 1. The number of alkyl halides is 1. The lowest BCUT2D eigenvalue weighted by Crippen LogP contribution is -2.59. The molecule has 0 aliphatic heterocycles. The van der Waals surface area contributed by atoms with Crippen molar-refractivity contribution in [1.29, 1.82) is 0 Å². The average molecular weight is 453 g/mol. The van der Waals surface area contributed by atoms with Crippen molar-refractivity contribution in [2.24, 2.45) is 34.5 Å². The normalized spacial score (nSPS) is 44.9. The van der Waals surface area contributed by atoms with Gasteiger partial charge in [-0.05, 0) is 67.9 Å². The lowest BCUT2D eigenvalue weighted by Gasteiger charge is -2.59. The van der Waals surface area contributed by atoms with E-state index in [0.717, 1.165) is 24.8 Å². The van der Waals surface area contributed by atoms with Crippen LogP contribution in [0.5, 0.6) is 0 Å². The van der Waals surface area contributed by atoms with E-state index in [2.05, 4.69) is 19.9 Å². The quantitative estimate of drug-likeness (QED) is 0.435. The number of allylic oxidation sites excluding steroid dienone is 4. The fourth-order valence-electron chi connectivity index (χ4n) is 7.54. The molecule has 2 fully saturated rings. The molecule has 30 heavy (non-hydrogen) atoms. The monoisotopic (exact) mass is 452 g/mol. The van der Waals surface area contributed by atoms with Crippen LogP contribution in [-0.2, 0) is 19.1 Å². The van der Waals surface area contributed by atoms with Gasteiger partial charge in [-0.1, -0.05) is 31.5 Å². The van der Waals surface area contributed by atoms with E-state index >= 15 is 0 Å². The summed E-state index contributed by atoms with van der Waals surface area (Å²) in [6, 6.07) is 0. The van der Waals surface area contributed by atoms with Gasteiger partial charge in [0.2, 0.25) is 0 Å². The van der Waals surface area contributed by atoms with Gasteiger partial charge in [0, 0.05) is 35.1 Å². The van der Waals surface area contributed by atoms with Crippen LogP contribution in [0, 0.1) is 34.5 Å². The zero-order chi connectivity index (χ0) is 22.1. The first-order valence-electron chi connectivity index (χ1n) is 10.9. The van der Waals surface area contributed by atoms with Crippen molar-refractivity contribution in [1.82, 2.24) is 0 Å². The molecule has 4 unspecified atom stereocenters. The number of hydrogen-bond donors (Lipinski definition) is 0. The van der Waals surface area contributed by atoms with Crippen LogP contribution in [0.25, 0.3) is 0 Å². The third kappa shape index (κ3) is 2.75. The van der Waals surface area contributed by atoms with Crippen LogP contribution in [0.2, 0.25) is 0 Å². The first-order chi connectivity index (χ1) is 14.0. The molecule has 0 heterocycles. The highest BCUT2D eigenvalue weighted by atomic mass is 35.5. The van der Waals surface area contributed by atoms with Gasteiger partial charge in [0.1, 0.15) is 0 Å². The van der Waals surface area contributed by atoms with Crippen LogP contribution in [0.15, 0.2) is 22.8 Å². The second-order valence-corrected chi connectivity index (χ2v) is 10.9. The Morgan fingerprint density at radius 3 is 2.43 bits per heavy atom. The standard InChI is InChI=1S/C24H30Cl2O4/c1-13(27)24(30-14(2)28)8-6-18-17-11-21(26)20-10-16(29)9-15(12-25)23(20,4)19(17)5-7-22(18,24)3/h10-11,15,17-19H,5-9,12H2,1-4H3/t15?,17?,18?,19?,22-,23+,24-/m0/s1. The molecule has 0 N–H and O–H groups in total. The summed E-state index contributed by atoms with van der Waals surface area (Å²) in [7, 11) is 0. The zero-order valence-electron chi connectivity index (χ0n) is 18.1. The Morgan fingerprint density at radius 2 is 1.83 bits per heavy atom. The van der Waals surface area contributed by atoms with Gasteiger partial charge in [-0.2, -0.15) is 0 Å². The van der Waals surface area contributed by atoms with Crippen molar-refractivity contribution < 1.29 is 19.1 Å². The van der Waals surface area contributed by atoms with E-state index in [1.165, 1.54) is 6.92 Å². The number of hydrogen-bond acceptors (Lipinski definition) is 4. The molecule has 0 saturated heterocycles. The van der Waals surface area contributed by atoms with Crippen LogP contribution < -0.4 is 0 Å². The zero-order valence-corrected chi connectivity index (χ0v) is 19.6. The van der Waals surface area contributed by atoms with Crippen molar-refractivity contribution in [2.75, 3.05) is 5.88 Å². The van der Waals surface area contributed by atoms with Gasteiger partial charge in [-0.3, -0.25) is 14.4 Å². The largest absolute Gasteiger partial charge is 0.451 e. The van der Waals surface area contributed by atoms with Crippen molar-refractivity contribution >= 4 is 40.7 Å². The van der Waals surface area contributed by atoms with Gasteiger partial charge in [-0.15, -0.1) is 11.6 Å². The van der Waals surface area contributed by atoms with E-state index in [1.807, 2.05) is 0 Å². The summed E-state index contributed by atoms with van der Waals surface area (Å²) < 4.78 is 5.81. The second-order valence-electron chi connectivity index (χ2n) is 10.1. The first kappa shape index (κ1) is 22.1. The van der Waals surface area contributed by atoms with E-state index in [4.69, 9.17) is 27.9 Å². The minimum absolute atomic E-state index is 0.0402. The topological polar surface area (TPSA) is 60.4 Å². The molecule has 4 aliphatic rings. The molecule has 4 rings (SSSR count). The van der Waals surface area contributed by atoms with E-state index in [-0.39, 0.29) is 34.7 Å². The molecule has 0 radical (unpaired) electrons. The molecule has 2 saturated carbocycles. The van der Waals surface area contributed by atoms with Crippen molar-refractivity contribution in [3.63, 3.8) is 0 Å². The fraction of sp³-hybridized carbons (Fsp3) is 0.708. The summed E-state index contributed by atoms with van der Waals surface area (Å²) in [4.78, 5) is 37.1. The van der Waals surface area contributed by atoms with Crippen LogP contribution in [0.4, 0.5) is 0 Å². The highest BCUT2D eigenvalue weighted by Crippen LogP contribution is 2.68. The first-order valence-corrected chi connectivity index (χ1v) is 11.8. The van der Waals surface area contributed by atoms with Gasteiger partial charge in [0.15, 0.2) is 17.2 Å². The van der Waals surface area contributed by atoms with Crippen molar-refractivity contribution in [2.45, 2.75) is 65.4 Å². The average Bonchev–Trinajstić information content (AvgIpc) is 2.96. The molecular weight excluding hydrogens is 423 g/mol. The number of halogens is 2. The number of carbonyl (C=O) groups is 3. The van der Waals surface area contributed by atoms with E-state index in [1.54, 1.807) is 13.0 Å². The Bertz CT molecular complexity index is 876. The minimum atomic E-state index is -1.07. The molecule has 164 valence electrons. The summed E-state index contributed by atoms with van der Waals surface area (Å²) in [5, 5.41) is 0.638. The van der Waals surface area contributed by atoms with E-state index in [9.17, 15) is 14.4 Å². The smallest absolute Gasteiger partial charge is 0.303 e. The fourth-order valence-corrected chi connectivity index (χ4v) is 8.38. The van der Waals surface area contributed by atoms with Gasteiger partial charge in [-0.25, -0.2) is 0 Å². The highest BCUT2D eigenvalue weighted by Gasteiger charge is 2.68. The maximum Gasteiger partial charge on any atom is 0.303 e. The highest BCUT2D eigenvalue weighted by molar-refractivity contribution is 6.32. The number of Topliss-reactive ketones (excluding diaryl/α,β-unsaturated/α-hetero) is 1. The predicted octanol–water partition coefficient (Wildman–Crippen LogP) is 5.22. The minimum Gasteiger partial charge on any atom is -0.451 e. The second kappa shape index (κ2) is 7.20. The third-order valence-electron chi connectivity index (χ3n) is 9.07. The third-order valence-corrected chi connectivity index (χ3v) is 9.77. The molecule has 0 bridgehead atoms. The van der Waals surface area contributed by atoms with Crippen LogP contribution in [0.1, 0.15) is 59.8 Å². The SMILES string of the molecule is CC(=O)O[C@]1(C(C)=O)CCC2C3C=C(Cl)C4=CC(=O)CC(CCl)[C@]4(C)C3CC[C@@]21C.